The van der Waals surface area contributed by atoms with Crippen LogP contribution in [0, 0.1) is 11.3 Å². The highest BCUT2D eigenvalue weighted by Crippen LogP contribution is 2.58. The summed E-state index contributed by atoms with van der Waals surface area (Å²) in [7, 11) is 1.37. The van der Waals surface area contributed by atoms with Crippen molar-refractivity contribution in [3.8, 4) is 0 Å². The number of rotatable bonds is 1. The third-order valence-electron chi connectivity index (χ3n) is 4.73. The van der Waals surface area contributed by atoms with E-state index in [1.165, 1.54) is 12.0 Å². The first-order valence-electron chi connectivity index (χ1n) is 6.36. The highest BCUT2D eigenvalue weighted by atomic mass is 16.5. The minimum Gasteiger partial charge on any atom is -0.469 e. The van der Waals surface area contributed by atoms with Crippen molar-refractivity contribution in [3.63, 3.8) is 0 Å². The standard InChI is InChI=1S/C13H21NO4/c1-12(2,3)13-6-5-8(14(13)11(16)17)7-9(13)10(15)18-4/h8-9H,5-7H2,1-4H3,(H,16,17). The van der Waals surface area contributed by atoms with E-state index in [2.05, 4.69) is 0 Å². The number of fused-ring (bicyclic) bond motifs is 2. The van der Waals surface area contributed by atoms with Crippen LogP contribution in [0.15, 0.2) is 0 Å². The summed E-state index contributed by atoms with van der Waals surface area (Å²) in [5.41, 5.74) is -0.897. The molecule has 1 amide bonds. The van der Waals surface area contributed by atoms with Crippen LogP contribution >= 0.6 is 0 Å². The van der Waals surface area contributed by atoms with Gasteiger partial charge in [0.15, 0.2) is 0 Å². The number of methoxy groups -OCH3 is 1. The third-order valence-corrected chi connectivity index (χ3v) is 4.73. The van der Waals surface area contributed by atoms with Crippen molar-refractivity contribution in [2.24, 2.45) is 11.3 Å². The molecular formula is C13H21NO4. The Morgan fingerprint density at radius 1 is 1.39 bits per heavy atom. The molecule has 2 fully saturated rings. The predicted molar refractivity (Wildman–Crippen MR) is 65.2 cm³/mol. The molecule has 1 N–H and O–H groups in total. The number of hydrogen-bond donors (Lipinski definition) is 1. The molecule has 0 aliphatic carbocycles. The average molecular weight is 255 g/mol. The molecule has 5 nitrogen and oxygen atoms in total. The largest absolute Gasteiger partial charge is 0.469 e. The highest BCUT2D eigenvalue weighted by molar-refractivity contribution is 5.78. The zero-order valence-electron chi connectivity index (χ0n) is 11.4. The number of carbonyl (C=O) groups is 2. The zero-order valence-corrected chi connectivity index (χ0v) is 11.4. The van der Waals surface area contributed by atoms with Gasteiger partial charge in [-0.2, -0.15) is 0 Å². The number of amides is 1. The smallest absolute Gasteiger partial charge is 0.408 e. The summed E-state index contributed by atoms with van der Waals surface area (Å²) >= 11 is 0. The Bertz CT molecular complexity index is 387. The minimum atomic E-state index is -0.918. The van der Waals surface area contributed by atoms with Gasteiger partial charge in [0.05, 0.1) is 18.6 Å². The van der Waals surface area contributed by atoms with Gasteiger partial charge < -0.3 is 9.84 Å². The Morgan fingerprint density at radius 2 is 2.00 bits per heavy atom. The van der Waals surface area contributed by atoms with Crippen molar-refractivity contribution in [2.75, 3.05) is 7.11 Å². The number of hydrogen-bond acceptors (Lipinski definition) is 3. The molecule has 3 unspecified atom stereocenters. The van der Waals surface area contributed by atoms with Crippen molar-refractivity contribution in [2.45, 2.75) is 51.6 Å². The van der Waals surface area contributed by atoms with Gasteiger partial charge in [0.25, 0.3) is 0 Å². The van der Waals surface area contributed by atoms with E-state index in [-0.39, 0.29) is 23.3 Å². The zero-order chi connectivity index (χ0) is 13.7. The molecule has 0 spiro atoms. The second kappa shape index (κ2) is 3.87. The molecule has 2 saturated heterocycles. The quantitative estimate of drug-likeness (QED) is 0.729. The van der Waals surface area contributed by atoms with Gasteiger partial charge in [-0.15, -0.1) is 0 Å². The van der Waals surface area contributed by atoms with Gasteiger partial charge in [-0.3, -0.25) is 9.69 Å². The molecule has 2 heterocycles. The Hall–Kier alpha value is -1.26. The van der Waals surface area contributed by atoms with E-state index in [9.17, 15) is 14.7 Å². The lowest BCUT2D eigenvalue weighted by molar-refractivity contribution is -0.151. The maximum atomic E-state index is 12.0. The van der Waals surface area contributed by atoms with Crippen LogP contribution in [0.1, 0.15) is 40.0 Å². The Labute approximate surface area is 107 Å². The van der Waals surface area contributed by atoms with E-state index in [4.69, 9.17) is 4.74 Å². The molecule has 2 bridgehead atoms. The number of carboxylic acid groups (broad SMARTS) is 1. The topological polar surface area (TPSA) is 66.8 Å². The van der Waals surface area contributed by atoms with Gasteiger partial charge in [0, 0.05) is 6.04 Å². The summed E-state index contributed by atoms with van der Waals surface area (Å²) < 4.78 is 4.88. The lowest BCUT2D eigenvalue weighted by Gasteiger charge is -2.47. The van der Waals surface area contributed by atoms with Gasteiger partial charge in [-0.1, -0.05) is 20.8 Å². The van der Waals surface area contributed by atoms with E-state index in [1.807, 2.05) is 20.8 Å². The average Bonchev–Trinajstić information content (AvgIpc) is 2.80. The molecule has 0 aromatic heterocycles. The lowest BCUT2D eigenvalue weighted by Crippen LogP contribution is -2.58. The molecule has 0 saturated carbocycles. The van der Waals surface area contributed by atoms with E-state index >= 15 is 0 Å². The fourth-order valence-corrected chi connectivity index (χ4v) is 4.01. The van der Waals surface area contributed by atoms with Gasteiger partial charge >= 0.3 is 12.1 Å². The maximum absolute atomic E-state index is 12.0. The van der Waals surface area contributed by atoms with Gasteiger partial charge in [0.1, 0.15) is 0 Å². The predicted octanol–water partition coefficient (Wildman–Crippen LogP) is 2.11. The van der Waals surface area contributed by atoms with Crippen LogP contribution in [-0.2, 0) is 9.53 Å². The summed E-state index contributed by atoms with van der Waals surface area (Å²) in [6, 6.07) is -0.0363. The van der Waals surface area contributed by atoms with E-state index < -0.39 is 11.6 Å². The molecule has 2 rings (SSSR count). The number of ether oxygens (including phenoxy) is 1. The molecule has 18 heavy (non-hydrogen) atoms. The van der Waals surface area contributed by atoms with Crippen LogP contribution in [0.25, 0.3) is 0 Å². The molecule has 0 aromatic carbocycles. The fourth-order valence-electron chi connectivity index (χ4n) is 4.01. The Balaban J connectivity index is 2.49. The molecule has 2 aliphatic heterocycles. The number of carbonyl (C=O) groups excluding carboxylic acids is 1. The first-order chi connectivity index (χ1) is 8.25. The van der Waals surface area contributed by atoms with Crippen molar-refractivity contribution < 1.29 is 19.4 Å². The molecule has 3 atom stereocenters. The van der Waals surface area contributed by atoms with Crippen molar-refractivity contribution in [3.05, 3.63) is 0 Å². The van der Waals surface area contributed by atoms with Crippen LogP contribution in [0.4, 0.5) is 4.79 Å². The first-order valence-corrected chi connectivity index (χ1v) is 6.36. The van der Waals surface area contributed by atoms with Crippen molar-refractivity contribution in [1.82, 2.24) is 4.90 Å². The highest BCUT2D eigenvalue weighted by Gasteiger charge is 2.67. The molecule has 2 aliphatic rings. The number of nitrogens with zero attached hydrogens (tertiary/aromatic N) is 1. The van der Waals surface area contributed by atoms with Crippen LogP contribution in [0.3, 0.4) is 0 Å². The Morgan fingerprint density at radius 3 is 2.44 bits per heavy atom. The summed E-state index contributed by atoms with van der Waals surface area (Å²) in [5, 5.41) is 9.47. The molecular weight excluding hydrogens is 234 g/mol. The SMILES string of the molecule is COC(=O)C1CC2CCC1(C(C)(C)C)N2C(=O)O. The second-order valence-electron chi connectivity index (χ2n) is 6.33. The Kier molecular flexibility index (Phi) is 2.83. The second-order valence-corrected chi connectivity index (χ2v) is 6.33. The van der Waals surface area contributed by atoms with Crippen LogP contribution in [0.5, 0.6) is 0 Å². The van der Waals surface area contributed by atoms with Crippen LogP contribution < -0.4 is 0 Å². The number of esters is 1. The molecule has 102 valence electrons. The maximum Gasteiger partial charge on any atom is 0.408 e. The molecule has 5 heteroatoms. The van der Waals surface area contributed by atoms with E-state index in [0.29, 0.717) is 6.42 Å². The molecule has 0 radical (unpaired) electrons. The summed E-state index contributed by atoms with van der Waals surface area (Å²) in [6.45, 7) is 6.02. The van der Waals surface area contributed by atoms with E-state index in [1.54, 1.807) is 0 Å². The third kappa shape index (κ3) is 1.45. The monoisotopic (exact) mass is 255 g/mol. The van der Waals surface area contributed by atoms with Gasteiger partial charge in [-0.05, 0) is 24.7 Å². The van der Waals surface area contributed by atoms with Crippen molar-refractivity contribution >= 4 is 12.1 Å². The first kappa shape index (κ1) is 13.2. The van der Waals surface area contributed by atoms with Crippen LogP contribution in [-0.4, -0.2) is 40.8 Å². The van der Waals surface area contributed by atoms with Gasteiger partial charge in [0.2, 0.25) is 0 Å². The minimum absolute atomic E-state index is 0.0363. The normalized spacial score (nSPS) is 34.8. The van der Waals surface area contributed by atoms with Crippen molar-refractivity contribution in [1.29, 1.82) is 0 Å². The summed E-state index contributed by atoms with van der Waals surface area (Å²) in [5.74, 6) is -0.615. The van der Waals surface area contributed by atoms with Crippen LogP contribution in [0.2, 0.25) is 0 Å². The van der Waals surface area contributed by atoms with E-state index in [0.717, 1.165) is 12.8 Å². The summed E-state index contributed by atoms with van der Waals surface area (Å²) in [4.78, 5) is 25.0. The van der Waals surface area contributed by atoms with Gasteiger partial charge in [-0.25, -0.2) is 4.79 Å². The lowest BCUT2D eigenvalue weighted by atomic mass is 9.63. The summed E-state index contributed by atoms with van der Waals surface area (Å²) in [6.07, 6.45) is 1.26. The fraction of sp³-hybridized carbons (Fsp3) is 0.846. The molecule has 0 aromatic rings.